The number of hydrogen-bond acceptors (Lipinski definition) is 4. The lowest BCUT2D eigenvalue weighted by atomic mass is 9.85. The van der Waals surface area contributed by atoms with E-state index in [9.17, 15) is 4.79 Å². The average Bonchev–Trinajstić information content (AvgIpc) is 3.47. The molecule has 38 heavy (non-hydrogen) atoms. The lowest BCUT2D eigenvalue weighted by Gasteiger charge is -2.40. The Bertz CT molecular complexity index is 1390. The summed E-state index contributed by atoms with van der Waals surface area (Å²) in [5.74, 6) is 1.48. The minimum atomic E-state index is -0.444. The van der Waals surface area contributed by atoms with Gasteiger partial charge in [-0.2, -0.15) is 0 Å². The fraction of sp³-hybridized carbons (Fsp3) is 0.312. The molecule has 3 heterocycles. The minimum absolute atomic E-state index is 0.127. The molecule has 3 aromatic carbocycles. The van der Waals surface area contributed by atoms with Gasteiger partial charge in [-0.25, -0.2) is 0 Å². The van der Waals surface area contributed by atoms with Crippen LogP contribution in [0.2, 0.25) is 0 Å². The lowest BCUT2D eigenvalue weighted by molar-refractivity contribution is -0.121. The van der Waals surface area contributed by atoms with Crippen molar-refractivity contribution in [1.82, 2.24) is 9.80 Å². The summed E-state index contributed by atoms with van der Waals surface area (Å²) >= 11 is 0. The molecule has 6 heteroatoms. The summed E-state index contributed by atoms with van der Waals surface area (Å²) in [6.45, 7) is 9.26. The number of hydrogen-bond donors (Lipinski definition) is 0. The zero-order valence-electron chi connectivity index (χ0n) is 22.5. The molecule has 0 radical (unpaired) electrons. The van der Waals surface area contributed by atoms with Crippen LogP contribution in [0.5, 0.6) is 0 Å². The van der Waals surface area contributed by atoms with Crippen LogP contribution in [0.15, 0.2) is 95.7 Å². The van der Waals surface area contributed by atoms with Gasteiger partial charge in [-0.05, 0) is 73.2 Å². The first-order valence-electron chi connectivity index (χ1n) is 13.5. The highest BCUT2D eigenvalue weighted by molar-refractivity contribution is 8.16. The Hall–Kier alpha value is -3.35. The summed E-state index contributed by atoms with van der Waals surface area (Å²) in [5, 5.41) is 2.36. The number of likely N-dealkylation sites (N-methyl/N-ethyl adjacent to an activating group) is 1. The van der Waals surface area contributed by atoms with E-state index in [1.807, 2.05) is 20.9 Å². The van der Waals surface area contributed by atoms with Crippen LogP contribution in [0.4, 0.5) is 11.4 Å². The van der Waals surface area contributed by atoms with E-state index in [0.29, 0.717) is 0 Å². The zero-order valence-corrected chi connectivity index (χ0v) is 23.3. The molecule has 0 N–H and O–H groups in total. The highest BCUT2D eigenvalue weighted by Gasteiger charge is 2.42. The van der Waals surface area contributed by atoms with Gasteiger partial charge in [0.25, 0.3) is 0 Å². The Kier molecular flexibility index (Phi) is 6.62. The molecule has 196 valence electrons. The summed E-state index contributed by atoms with van der Waals surface area (Å²) in [7, 11) is 1.76. The van der Waals surface area contributed by atoms with Crippen molar-refractivity contribution in [3.63, 3.8) is 0 Å². The molecule has 3 aliphatic rings. The molecule has 1 saturated heterocycles. The van der Waals surface area contributed by atoms with E-state index in [4.69, 9.17) is 0 Å². The van der Waals surface area contributed by atoms with E-state index in [1.54, 1.807) is 4.90 Å². The van der Waals surface area contributed by atoms with Crippen molar-refractivity contribution in [3.8, 4) is 0 Å². The van der Waals surface area contributed by atoms with E-state index in [0.717, 1.165) is 50.4 Å². The molecule has 1 atom stereocenters. The van der Waals surface area contributed by atoms with Gasteiger partial charge >= 0.3 is 0 Å². The lowest BCUT2D eigenvalue weighted by Crippen LogP contribution is -2.48. The summed E-state index contributed by atoms with van der Waals surface area (Å²) in [5.41, 5.74) is 4.33. The Morgan fingerprint density at radius 2 is 1.55 bits per heavy atom. The molecule has 3 aromatic rings. The van der Waals surface area contributed by atoms with Crippen LogP contribution in [-0.4, -0.2) is 60.8 Å². The highest BCUT2D eigenvalue weighted by Crippen LogP contribution is 2.43. The first-order valence-corrected chi connectivity index (χ1v) is 14.8. The second kappa shape index (κ2) is 10.1. The average molecular weight is 525 g/mol. The molecule has 5 nitrogen and oxygen atoms in total. The van der Waals surface area contributed by atoms with Crippen molar-refractivity contribution in [2.45, 2.75) is 30.6 Å². The predicted molar refractivity (Wildman–Crippen MR) is 160 cm³/mol. The Morgan fingerprint density at radius 3 is 2.26 bits per heavy atom. The number of carbonyl (C=O) groups is 1. The van der Waals surface area contributed by atoms with Crippen molar-refractivity contribution in [1.29, 1.82) is 0 Å². The Labute approximate surface area is 229 Å². The Balaban J connectivity index is 1.11. The molecule has 0 spiro atoms. The zero-order chi connectivity index (χ0) is 26.3. The third-order valence-corrected chi connectivity index (χ3v) is 10.0. The van der Waals surface area contributed by atoms with Crippen molar-refractivity contribution < 1.29 is 4.79 Å². The monoisotopic (exact) mass is 524 g/mol. The predicted octanol–water partition coefficient (Wildman–Crippen LogP) is 5.51. The normalized spacial score (nSPS) is 20.9. The van der Waals surface area contributed by atoms with Gasteiger partial charge in [0.05, 0.1) is 11.1 Å². The van der Waals surface area contributed by atoms with E-state index < -0.39 is 5.41 Å². The largest absolute Gasteiger partial charge is 0.355 e. The number of nitrogens with zero attached hydrogens (tertiary/aromatic N) is 4. The maximum Gasteiger partial charge on any atom is 0.236 e. The van der Waals surface area contributed by atoms with Crippen molar-refractivity contribution in [2.75, 3.05) is 49.0 Å². The van der Waals surface area contributed by atoms with Gasteiger partial charge in [0.1, 0.15) is 5.82 Å². The van der Waals surface area contributed by atoms with Gasteiger partial charge in [-0.15, -0.1) is 0 Å². The number of anilines is 2. The molecule has 0 saturated carbocycles. The van der Waals surface area contributed by atoms with Crippen LogP contribution in [0, 0.1) is 0 Å². The van der Waals surface area contributed by atoms with Gasteiger partial charge in [-0.1, -0.05) is 59.2 Å². The Morgan fingerprint density at radius 1 is 0.868 bits per heavy atom. The number of allylic oxidation sites excluding steroid dienone is 1. The summed E-state index contributed by atoms with van der Waals surface area (Å²) in [6.07, 6.45) is 3.33. The number of fused-ring (bicyclic) bond motifs is 1. The first-order chi connectivity index (χ1) is 18.4. The smallest absolute Gasteiger partial charge is 0.236 e. The third-order valence-electron chi connectivity index (χ3n) is 8.07. The molecule has 1 amide bonds. The van der Waals surface area contributed by atoms with Crippen molar-refractivity contribution in [3.05, 3.63) is 102 Å². The van der Waals surface area contributed by atoms with Gasteiger partial charge < -0.3 is 9.80 Å². The molecular weight excluding hydrogens is 488 g/mol. The van der Waals surface area contributed by atoms with Crippen LogP contribution >= 0.6 is 10.7 Å². The number of benzene rings is 3. The van der Waals surface area contributed by atoms with Crippen LogP contribution in [0.3, 0.4) is 0 Å². The molecule has 6 rings (SSSR count). The molecule has 1 fully saturated rings. The number of rotatable bonds is 6. The minimum Gasteiger partial charge on any atom is -0.355 e. The van der Waals surface area contributed by atoms with E-state index in [-0.39, 0.29) is 16.6 Å². The molecular formula is C32H36N4OS. The van der Waals surface area contributed by atoms with Crippen LogP contribution in [0.1, 0.15) is 25.0 Å². The standard InChI is InChI=1S/C32H36N4OS/c1-32(2)28-24-25(14-15-29(28)33(3)31(32)37)16-18-34-19-21-35(22-20-34)30-17-23-38(27-12-8-5-9-13-27)36(30)26-10-6-4-7-11-26/h4-15,17,23-24H,16,18-22H2,1-3H3. The van der Waals surface area contributed by atoms with E-state index >= 15 is 0 Å². The first kappa shape index (κ1) is 25.0. The number of para-hydroxylation sites is 1. The maximum absolute atomic E-state index is 12.7. The molecule has 0 aliphatic carbocycles. The van der Waals surface area contributed by atoms with Gasteiger partial charge in [0, 0.05) is 50.4 Å². The fourth-order valence-electron chi connectivity index (χ4n) is 5.81. The summed E-state index contributed by atoms with van der Waals surface area (Å²) < 4.78 is 2.51. The maximum atomic E-state index is 12.7. The molecule has 0 bridgehead atoms. The highest BCUT2D eigenvalue weighted by atomic mass is 32.2. The van der Waals surface area contributed by atoms with E-state index in [1.165, 1.54) is 22.0 Å². The number of carbonyl (C=O) groups excluding carboxylic acids is 1. The quantitative estimate of drug-likeness (QED) is 0.398. The van der Waals surface area contributed by atoms with E-state index in [2.05, 4.69) is 104 Å². The van der Waals surface area contributed by atoms with Crippen LogP contribution < -0.4 is 9.21 Å². The SMILES string of the molecule is CN1C(=O)C(C)(C)c2cc(CCN3CCN(C4=CC=S(c5ccccc5)N4c4ccccc4)CC3)ccc21. The summed E-state index contributed by atoms with van der Waals surface area (Å²) in [6, 6.07) is 28.2. The van der Waals surface area contributed by atoms with Crippen molar-refractivity contribution >= 4 is 33.3 Å². The molecule has 3 aliphatic heterocycles. The van der Waals surface area contributed by atoms with Crippen LogP contribution in [0.25, 0.3) is 0 Å². The van der Waals surface area contributed by atoms with Crippen LogP contribution in [-0.2, 0) is 16.6 Å². The number of amides is 1. The van der Waals surface area contributed by atoms with Gasteiger partial charge in [-0.3, -0.25) is 14.0 Å². The molecule has 0 aromatic heterocycles. The van der Waals surface area contributed by atoms with Crippen molar-refractivity contribution in [2.24, 2.45) is 0 Å². The van der Waals surface area contributed by atoms with Gasteiger partial charge in [0.15, 0.2) is 0 Å². The third kappa shape index (κ3) is 4.46. The fourth-order valence-corrected chi connectivity index (χ4v) is 7.71. The topological polar surface area (TPSA) is 30.0 Å². The second-order valence-corrected chi connectivity index (χ2v) is 12.6. The van der Waals surface area contributed by atoms with Gasteiger partial charge in [0.2, 0.25) is 5.91 Å². The summed E-state index contributed by atoms with van der Waals surface area (Å²) in [4.78, 5) is 20.9. The number of piperazine rings is 1. The second-order valence-electron chi connectivity index (χ2n) is 10.8. The molecule has 1 unspecified atom stereocenters.